The van der Waals surface area contributed by atoms with E-state index in [1.807, 2.05) is 29.7 Å². The molecule has 0 aliphatic rings. The van der Waals surface area contributed by atoms with E-state index in [9.17, 15) is 4.79 Å². The Balaban J connectivity index is 2.13. The Morgan fingerprint density at radius 1 is 1.16 bits per heavy atom. The van der Waals surface area contributed by atoms with Crippen LogP contribution in [-0.2, 0) is 0 Å². The Morgan fingerprint density at radius 3 is 2.58 bits per heavy atom. The molecule has 0 aliphatic heterocycles. The molecule has 0 atom stereocenters. The molecule has 19 heavy (non-hydrogen) atoms. The van der Waals surface area contributed by atoms with E-state index < -0.39 is 5.97 Å². The van der Waals surface area contributed by atoms with Gasteiger partial charge in [0.2, 0.25) is 0 Å². The highest BCUT2D eigenvalue weighted by atomic mass is 16.4. The third-order valence-electron chi connectivity index (χ3n) is 3.07. The van der Waals surface area contributed by atoms with Crippen LogP contribution in [0.1, 0.15) is 15.9 Å². The van der Waals surface area contributed by atoms with Crippen molar-refractivity contribution < 1.29 is 9.90 Å². The zero-order chi connectivity index (χ0) is 13.4. The predicted molar refractivity (Wildman–Crippen MR) is 72.3 cm³/mol. The quantitative estimate of drug-likeness (QED) is 0.762. The van der Waals surface area contributed by atoms with Crippen molar-refractivity contribution in [2.24, 2.45) is 0 Å². The number of aryl methyl sites for hydroxylation is 1. The van der Waals surface area contributed by atoms with Crippen molar-refractivity contribution in [3.63, 3.8) is 0 Å². The number of hydrogen-bond donors (Lipinski definition) is 1. The first-order valence-corrected chi connectivity index (χ1v) is 5.92. The number of aromatic nitrogens is 2. The average Bonchev–Trinajstić information content (AvgIpc) is 2.81. The lowest BCUT2D eigenvalue weighted by molar-refractivity contribution is 0.0697. The smallest absolute Gasteiger partial charge is 0.335 e. The van der Waals surface area contributed by atoms with Gasteiger partial charge in [0.05, 0.1) is 17.3 Å². The number of nitrogens with zero attached hydrogens (tertiary/aromatic N) is 2. The highest BCUT2D eigenvalue weighted by Crippen LogP contribution is 2.20. The van der Waals surface area contributed by atoms with E-state index >= 15 is 0 Å². The predicted octanol–water partition coefficient (Wildman–Crippen LogP) is 3.01. The summed E-state index contributed by atoms with van der Waals surface area (Å²) in [6.45, 7) is 2.02. The normalized spacial score (nSPS) is 10.8. The molecular weight excluding hydrogens is 240 g/mol. The molecule has 2 heterocycles. The summed E-state index contributed by atoms with van der Waals surface area (Å²) in [6, 6.07) is 10.8. The zero-order valence-corrected chi connectivity index (χ0v) is 10.4. The number of pyridine rings is 1. The first kappa shape index (κ1) is 11.5. The minimum absolute atomic E-state index is 0.279. The van der Waals surface area contributed by atoms with Crippen LogP contribution in [0, 0.1) is 6.92 Å². The summed E-state index contributed by atoms with van der Waals surface area (Å²) < 4.78 is 2.01. The van der Waals surface area contributed by atoms with Crippen LogP contribution in [0.5, 0.6) is 0 Å². The molecule has 1 N–H and O–H groups in total. The molecule has 94 valence electrons. The van der Waals surface area contributed by atoms with E-state index in [0.717, 1.165) is 22.5 Å². The molecule has 0 spiro atoms. The fourth-order valence-corrected chi connectivity index (χ4v) is 2.07. The third kappa shape index (κ3) is 1.97. The van der Waals surface area contributed by atoms with Crippen molar-refractivity contribution >= 4 is 11.5 Å². The van der Waals surface area contributed by atoms with Crippen LogP contribution < -0.4 is 0 Å². The Labute approximate surface area is 110 Å². The van der Waals surface area contributed by atoms with Crippen molar-refractivity contribution in [2.45, 2.75) is 6.92 Å². The van der Waals surface area contributed by atoms with Gasteiger partial charge in [-0.2, -0.15) is 0 Å². The first-order chi connectivity index (χ1) is 9.15. The number of fused-ring (bicyclic) bond motifs is 1. The lowest BCUT2D eigenvalue weighted by Gasteiger charge is -2.03. The van der Waals surface area contributed by atoms with Gasteiger partial charge in [0.25, 0.3) is 0 Å². The minimum atomic E-state index is -0.921. The molecule has 0 aliphatic carbocycles. The summed E-state index contributed by atoms with van der Waals surface area (Å²) in [7, 11) is 0. The number of benzene rings is 1. The van der Waals surface area contributed by atoms with E-state index in [-0.39, 0.29) is 5.56 Å². The molecule has 4 nitrogen and oxygen atoms in total. The molecular formula is C15H12N2O2. The molecule has 0 unspecified atom stereocenters. The van der Waals surface area contributed by atoms with Crippen molar-refractivity contribution in [1.29, 1.82) is 0 Å². The SMILES string of the molecule is Cc1ccc2cnc(-c3ccc(C(=O)O)cc3)n2c1. The molecule has 0 saturated carbocycles. The van der Waals surface area contributed by atoms with E-state index in [0.29, 0.717) is 0 Å². The Morgan fingerprint density at radius 2 is 1.89 bits per heavy atom. The molecule has 2 aromatic heterocycles. The van der Waals surface area contributed by atoms with Gasteiger partial charge in [0.15, 0.2) is 0 Å². The molecule has 4 heteroatoms. The van der Waals surface area contributed by atoms with Crippen molar-refractivity contribution in [1.82, 2.24) is 9.38 Å². The van der Waals surface area contributed by atoms with Crippen molar-refractivity contribution in [2.75, 3.05) is 0 Å². The van der Waals surface area contributed by atoms with Crippen molar-refractivity contribution in [3.05, 3.63) is 59.9 Å². The largest absolute Gasteiger partial charge is 0.478 e. The van der Waals surface area contributed by atoms with Gasteiger partial charge in [-0.25, -0.2) is 9.78 Å². The summed E-state index contributed by atoms with van der Waals surface area (Å²) in [4.78, 5) is 15.2. The summed E-state index contributed by atoms with van der Waals surface area (Å²) in [6.07, 6.45) is 3.82. The summed E-state index contributed by atoms with van der Waals surface area (Å²) >= 11 is 0. The van der Waals surface area contributed by atoms with Gasteiger partial charge in [-0.15, -0.1) is 0 Å². The van der Waals surface area contributed by atoms with Crippen LogP contribution in [0.15, 0.2) is 48.8 Å². The Hall–Kier alpha value is -2.62. The molecule has 0 saturated heterocycles. The number of imidazole rings is 1. The molecule has 3 rings (SSSR count). The van der Waals surface area contributed by atoms with E-state index in [2.05, 4.69) is 4.98 Å². The summed E-state index contributed by atoms with van der Waals surface area (Å²) in [5, 5.41) is 8.89. The average molecular weight is 252 g/mol. The zero-order valence-electron chi connectivity index (χ0n) is 10.4. The fourth-order valence-electron chi connectivity index (χ4n) is 2.07. The van der Waals surface area contributed by atoms with Crippen LogP contribution in [0.3, 0.4) is 0 Å². The van der Waals surface area contributed by atoms with E-state index in [1.54, 1.807) is 30.5 Å². The topological polar surface area (TPSA) is 54.6 Å². The summed E-state index contributed by atoms with van der Waals surface area (Å²) in [5.74, 6) is -0.106. The number of aromatic carboxylic acids is 1. The third-order valence-corrected chi connectivity index (χ3v) is 3.07. The maximum atomic E-state index is 10.8. The maximum absolute atomic E-state index is 10.8. The molecule has 0 radical (unpaired) electrons. The number of carbonyl (C=O) groups is 1. The Bertz CT molecular complexity index is 757. The highest BCUT2D eigenvalue weighted by molar-refractivity contribution is 5.88. The molecule has 1 aromatic carbocycles. The van der Waals surface area contributed by atoms with Crippen LogP contribution in [0.4, 0.5) is 0 Å². The van der Waals surface area contributed by atoms with Crippen LogP contribution in [0.2, 0.25) is 0 Å². The number of carboxylic acid groups (broad SMARTS) is 1. The van der Waals surface area contributed by atoms with Crippen molar-refractivity contribution in [3.8, 4) is 11.4 Å². The first-order valence-electron chi connectivity index (χ1n) is 5.92. The van der Waals surface area contributed by atoms with Gasteiger partial charge in [0.1, 0.15) is 5.82 Å². The van der Waals surface area contributed by atoms with Crippen LogP contribution in [0.25, 0.3) is 16.9 Å². The molecule has 0 fully saturated rings. The number of rotatable bonds is 2. The van der Waals surface area contributed by atoms with Gasteiger partial charge in [0, 0.05) is 11.8 Å². The monoisotopic (exact) mass is 252 g/mol. The van der Waals surface area contributed by atoms with Gasteiger partial charge in [-0.05, 0) is 30.7 Å². The molecule has 0 amide bonds. The van der Waals surface area contributed by atoms with Gasteiger partial charge in [-0.3, -0.25) is 4.40 Å². The van der Waals surface area contributed by atoms with Gasteiger partial charge in [-0.1, -0.05) is 18.2 Å². The van der Waals surface area contributed by atoms with Gasteiger partial charge >= 0.3 is 5.97 Å². The second-order valence-corrected chi connectivity index (χ2v) is 4.47. The standard InChI is InChI=1S/C15H12N2O2/c1-10-2-7-13-8-16-14(17(13)9-10)11-3-5-12(6-4-11)15(18)19/h2-9H,1H3,(H,18,19). The second-order valence-electron chi connectivity index (χ2n) is 4.47. The fraction of sp³-hybridized carbons (Fsp3) is 0.0667. The second kappa shape index (κ2) is 4.24. The molecule has 3 aromatic rings. The van der Waals surface area contributed by atoms with Crippen LogP contribution >= 0.6 is 0 Å². The lowest BCUT2D eigenvalue weighted by Crippen LogP contribution is -1.96. The highest BCUT2D eigenvalue weighted by Gasteiger charge is 2.08. The lowest BCUT2D eigenvalue weighted by atomic mass is 10.1. The number of carboxylic acids is 1. The minimum Gasteiger partial charge on any atom is -0.478 e. The van der Waals surface area contributed by atoms with Crippen LogP contribution in [-0.4, -0.2) is 20.5 Å². The van der Waals surface area contributed by atoms with Gasteiger partial charge < -0.3 is 5.11 Å². The summed E-state index contributed by atoms with van der Waals surface area (Å²) in [5.41, 5.74) is 3.34. The maximum Gasteiger partial charge on any atom is 0.335 e. The Kier molecular flexibility index (Phi) is 2.56. The molecule has 0 bridgehead atoms. The van der Waals surface area contributed by atoms with E-state index in [4.69, 9.17) is 5.11 Å². The van der Waals surface area contributed by atoms with E-state index in [1.165, 1.54) is 0 Å². The number of hydrogen-bond acceptors (Lipinski definition) is 2.